The molecule has 1 heterocycles. The number of carboxylic acids is 1. The Morgan fingerprint density at radius 1 is 1.03 bits per heavy atom. The average molecular weight is 410 g/mol. The maximum absolute atomic E-state index is 14.3. The zero-order valence-corrected chi connectivity index (χ0v) is 16.6. The predicted octanol–water partition coefficient (Wildman–Crippen LogP) is 0.718. The summed E-state index contributed by atoms with van der Waals surface area (Å²) in [5.74, 6) is -1.83. The Kier molecular flexibility index (Phi) is 7.51. The van der Waals surface area contributed by atoms with Crippen molar-refractivity contribution in [2.75, 3.05) is 14.2 Å². The minimum absolute atomic E-state index is 0. The van der Waals surface area contributed by atoms with E-state index in [2.05, 4.69) is 4.98 Å². The molecule has 0 aliphatic carbocycles. The fourth-order valence-electron chi connectivity index (χ4n) is 2.61. The number of ether oxygens (including phenoxy) is 3. The zero-order chi connectivity index (χ0) is 20.3. The van der Waals surface area contributed by atoms with Gasteiger partial charge >= 0.3 is 18.9 Å². The molecule has 0 radical (unpaired) electrons. The third-order valence-electron chi connectivity index (χ3n) is 3.89. The van der Waals surface area contributed by atoms with Crippen LogP contribution in [0, 0.1) is 5.82 Å². The number of pyridine rings is 1. The SMILES string of the molecule is COc1cc(Cl)ccc1Oc1cc(F)c(C(=O)[O-])cc1-c1cccnc1OC.[Li+]. The van der Waals surface area contributed by atoms with Crippen molar-refractivity contribution in [3.63, 3.8) is 0 Å². The molecule has 0 amide bonds. The molecule has 0 saturated heterocycles. The van der Waals surface area contributed by atoms with Gasteiger partial charge in [-0.05, 0) is 30.3 Å². The van der Waals surface area contributed by atoms with Crippen molar-refractivity contribution in [1.29, 1.82) is 0 Å². The van der Waals surface area contributed by atoms with E-state index in [0.29, 0.717) is 16.3 Å². The predicted molar refractivity (Wildman–Crippen MR) is 98.6 cm³/mol. The molecule has 0 spiro atoms. The number of hydrogen-bond donors (Lipinski definition) is 0. The van der Waals surface area contributed by atoms with Gasteiger partial charge in [-0.1, -0.05) is 11.6 Å². The van der Waals surface area contributed by atoms with Gasteiger partial charge in [0, 0.05) is 40.0 Å². The summed E-state index contributed by atoms with van der Waals surface area (Å²) in [6.45, 7) is 0. The molecule has 0 N–H and O–H groups in total. The molecule has 3 aromatic rings. The van der Waals surface area contributed by atoms with Crippen molar-refractivity contribution < 1.29 is 47.4 Å². The van der Waals surface area contributed by atoms with E-state index in [0.717, 1.165) is 12.1 Å². The van der Waals surface area contributed by atoms with E-state index in [1.807, 2.05) is 0 Å². The molecular formula is C20H14ClFLiNO5. The number of aromatic carboxylic acids is 1. The Bertz CT molecular complexity index is 1050. The third-order valence-corrected chi connectivity index (χ3v) is 4.12. The van der Waals surface area contributed by atoms with Crippen LogP contribution in [0.1, 0.15) is 10.4 Å². The van der Waals surface area contributed by atoms with Crippen LogP contribution in [0.15, 0.2) is 48.7 Å². The number of hydrogen-bond acceptors (Lipinski definition) is 6. The van der Waals surface area contributed by atoms with Crippen LogP contribution in [0.3, 0.4) is 0 Å². The van der Waals surface area contributed by atoms with Crippen LogP contribution in [0.2, 0.25) is 5.02 Å². The number of benzene rings is 2. The van der Waals surface area contributed by atoms with Gasteiger partial charge < -0.3 is 24.1 Å². The third kappa shape index (κ3) is 4.83. The van der Waals surface area contributed by atoms with Crippen LogP contribution in [0.4, 0.5) is 4.39 Å². The van der Waals surface area contributed by atoms with Crippen molar-refractivity contribution in [3.05, 3.63) is 65.1 Å². The molecule has 0 aliphatic rings. The largest absolute Gasteiger partial charge is 1.00 e. The van der Waals surface area contributed by atoms with Gasteiger partial charge in [0.2, 0.25) is 5.88 Å². The summed E-state index contributed by atoms with van der Waals surface area (Å²) >= 11 is 5.95. The van der Waals surface area contributed by atoms with E-state index in [9.17, 15) is 14.3 Å². The van der Waals surface area contributed by atoms with Gasteiger partial charge in [-0.3, -0.25) is 0 Å². The minimum atomic E-state index is -1.66. The fourth-order valence-corrected chi connectivity index (χ4v) is 2.77. The monoisotopic (exact) mass is 409 g/mol. The summed E-state index contributed by atoms with van der Waals surface area (Å²) in [4.78, 5) is 15.4. The summed E-state index contributed by atoms with van der Waals surface area (Å²) in [7, 11) is 2.85. The second-order valence-electron chi connectivity index (χ2n) is 5.57. The van der Waals surface area contributed by atoms with Crippen LogP contribution in [-0.2, 0) is 0 Å². The summed E-state index contributed by atoms with van der Waals surface area (Å²) in [5.41, 5.74) is 0.0503. The molecule has 0 unspecified atom stereocenters. The van der Waals surface area contributed by atoms with Crippen LogP contribution in [0.5, 0.6) is 23.1 Å². The Labute approximate surface area is 183 Å². The van der Waals surface area contributed by atoms with E-state index in [1.54, 1.807) is 24.3 Å². The Balaban J connectivity index is 0.00000300. The van der Waals surface area contributed by atoms with Gasteiger partial charge in [0.25, 0.3) is 0 Å². The first-order valence-corrected chi connectivity index (χ1v) is 8.38. The molecule has 0 aliphatic heterocycles. The average Bonchev–Trinajstić information content (AvgIpc) is 2.69. The summed E-state index contributed by atoms with van der Waals surface area (Å²) in [6, 6.07) is 10.0. The second-order valence-corrected chi connectivity index (χ2v) is 6.01. The Hall–Kier alpha value is -2.72. The Morgan fingerprint density at radius 2 is 1.79 bits per heavy atom. The number of carbonyl (C=O) groups excluding carboxylic acids is 1. The van der Waals surface area contributed by atoms with Crippen molar-refractivity contribution in [2.45, 2.75) is 0 Å². The topological polar surface area (TPSA) is 80.7 Å². The van der Waals surface area contributed by atoms with E-state index >= 15 is 0 Å². The number of methoxy groups -OCH3 is 2. The van der Waals surface area contributed by atoms with E-state index in [1.165, 1.54) is 26.5 Å². The minimum Gasteiger partial charge on any atom is -0.545 e. The number of rotatable bonds is 6. The molecule has 0 fully saturated rings. The normalized spacial score (nSPS) is 10.1. The van der Waals surface area contributed by atoms with Gasteiger partial charge in [0.15, 0.2) is 11.5 Å². The number of halogens is 2. The van der Waals surface area contributed by atoms with Crippen molar-refractivity contribution in [2.24, 2.45) is 0 Å². The number of nitrogens with zero attached hydrogens (tertiary/aromatic N) is 1. The van der Waals surface area contributed by atoms with Crippen molar-refractivity contribution in [1.82, 2.24) is 4.98 Å². The molecule has 3 rings (SSSR count). The molecule has 2 aromatic carbocycles. The standard InChI is InChI=1S/C20H15ClFNO5.Li/c1-26-18-8-11(21)5-6-16(18)28-17-10-15(22)14(20(24)25)9-13(17)12-4-3-7-23-19(12)27-2;/h3-10H,1-2H3,(H,24,25);/q;+1/p-1. The summed E-state index contributed by atoms with van der Waals surface area (Å²) in [5, 5.41) is 11.7. The van der Waals surface area contributed by atoms with Crippen molar-refractivity contribution >= 4 is 17.6 Å². The van der Waals surface area contributed by atoms with Gasteiger partial charge in [-0.2, -0.15) is 0 Å². The van der Waals surface area contributed by atoms with Gasteiger partial charge in [-0.15, -0.1) is 0 Å². The van der Waals surface area contributed by atoms with Crippen LogP contribution < -0.4 is 38.2 Å². The van der Waals surface area contributed by atoms with E-state index < -0.39 is 17.3 Å². The van der Waals surface area contributed by atoms with E-state index in [-0.39, 0.29) is 41.8 Å². The molecule has 29 heavy (non-hydrogen) atoms. The second kappa shape index (κ2) is 9.66. The number of carboxylic acid groups (broad SMARTS) is 1. The van der Waals surface area contributed by atoms with Gasteiger partial charge in [0.05, 0.1) is 20.2 Å². The first kappa shape index (κ1) is 22.6. The van der Waals surface area contributed by atoms with E-state index in [4.69, 9.17) is 25.8 Å². The zero-order valence-electron chi connectivity index (χ0n) is 15.9. The Morgan fingerprint density at radius 3 is 2.45 bits per heavy atom. The molecule has 9 heteroatoms. The molecule has 144 valence electrons. The van der Waals surface area contributed by atoms with Crippen LogP contribution >= 0.6 is 11.6 Å². The maximum Gasteiger partial charge on any atom is 1.00 e. The first-order valence-electron chi connectivity index (χ1n) is 8.00. The quantitative estimate of drug-likeness (QED) is 0.558. The first-order chi connectivity index (χ1) is 13.4. The molecule has 0 atom stereocenters. The molecule has 1 aromatic heterocycles. The summed E-state index contributed by atoms with van der Waals surface area (Å²) in [6.07, 6.45) is 1.51. The molecule has 0 bridgehead atoms. The van der Waals surface area contributed by atoms with Crippen LogP contribution in [-0.4, -0.2) is 25.2 Å². The van der Waals surface area contributed by atoms with Crippen LogP contribution in [0.25, 0.3) is 11.1 Å². The van der Waals surface area contributed by atoms with Gasteiger partial charge in [-0.25, -0.2) is 9.37 Å². The van der Waals surface area contributed by atoms with Gasteiger partial charge in [0.1, 0.15) is 11.6 Å². The maximum atomic E-state index is 14.3. The number of aromatic nitrogens is 1. The number of carbonyl (C=O) groups is 1. The molecule has 0 saturated carbocycles. The fraction of sp³-hybridized carbons (Fsp3) is 0.100. The smallest absolute Gasteiger partial charge is 0.545 e. The van der Waals surface area contributed by atoms with Crippen molar-refractivity contribution in [3.8, 4) is 34.3 Å². The summed E-state index contributed by atoms with van der Waals surface area (Å²) < 4.78 is 30.6. The molecular weight excluding hydrogens is 396 g/mol. The molecule has 6 nitrogen and oxygen atoms in total.